The van der Waals surface area contributed by atoms with Gasteiger partial charge < -0.3 is 0 Å². The van der Waals surface area contributed by atoms with Crippen molar-refractivity contribution in [1.29, 1.82) is 0 Å². The smallest absolute Gasteiger partial charge is 0.126 e. The van der Waals surface area contributed by atoms with Crippen LogP contribution in [0.15, 0.2) is 24.3 Å². The van der Waals surface area contributed by atoms with Crippen LogP contribution in [-0.2, 0) is 12.8 Å². The number of rotatable bonds is 5. The zero-order valence-electron chi connectivity index (χ0n) is 15.3. The third-order valence-electron chi connectivity index (χ3n) is 6.15. The molecule has 2 aliphatic carbocycles. The highest BCUT2D eigenvalue weighted by molar-refractivity contribution is 6.31. The first-order valence-corrected chi connectivity index (χ1v) is 9.84. The van der Waals surface area contributed by atoms with Gasteiger partial charge >= 0.3 is 0 Å². The minimum Gasteiger partial charge on any atom is -0.207 e. The molecule has 0 aromatic heterocycles. The molecule has 0 amide bonds. The molecule has 2 atom stereocenters. The molecule has 0 radical (unpaired) electrons. The lowest BCUT2D eigenvalue weighted by molar-refractivity contribution is 0.609. The fraction of sp³-hybridized carbons (Fsp3) is 0.478. The first-order chi connectivity index (χ1) is 11.9. The second-order valence-corrected chi connectivity index (χ2v) is 8.68. The minimum atomic E-state index is -0.0328. The number of benzene rings is 2. The lowest BCUT2D eigenvalue weighted by Crippen LogP contribution is -2.00. The molecule has 0 N–H and O–H groups in total. The van der Waals surface area contributed by atoms with Crippen LogP contribution >= 0.6 is 11.6 Å². The van der Waals surface area contributed by atoms with Crippen LogP contribution in [0.3, 0.4) is 0 Å². The van der Waals surface area contributed by atoms with Crippen LogP contribution in [0.1, 0.15) is 58.6 Å². The van der Waals surface area contributed by atoms with E-state index in [4.69, 9.17) is 11.6 Å². The maximum Gasteiger partial charge on any atom is 0.126 e. The normalized spacial score (nSPS) is 22.3. The van der Waals surface area contributed by atoms with Crippen LogP contribution in [0, 0.1) is 38.4 Å². The summed E-state index contributed by atoms with van der Waals surface area (Å²) in [5.74, 6) is 1.88. The Kier molecular flexibility index (Phi) is 4.40. The van der Waals surface area contributed by atoms with Crippen molar-refractivity contribution < 1.29 is 4.39 Å². The van der Waals surface area contributed by atoms with Crippen molar-refractivity contribution in [2.75, 3.05) is 0 Å². The maximum absolute atomic E-state index is 14.3. The molecule has 2 aliphatic rings. The van der Waals surface area contributed by atoms with Crippen LogP contribution in [0.25, 0.3) is 0 Å². The molecular weight excluding hydrogens is 331 g/mol. The lowest BCUT2D eigenvalue weighted by atomic mass is 9.95. The van der Waals surface area contributed by atoms with Gasteiger partial charge in [-0.3, -0.25) is 0 Å². The van der Waals surface area contributed by atoms with Gasteiger partial charge in [0.15, 0.2) is 0 Å². The summed E-state index contributed by atoms with van der Waals surface area (Å²) in [7, 11) is 0. The molecule has 2 fully saturated rings. The Bertz CT molecular complexity index is 819. The summed E-state index contributed by atoms with van der Waals surface area (Å²) in [5.41, 5.74) is 7.04. The zero-order valence-corrected chi connectivity index (χ0v) is 16.1. The minimum absolute atomic E-state index is 0.0328. The van der Waals surface area contributed by atoms with E-state index in [2.05, 4.69) is 32.0 Å². The fourth-order valence-electron chi connectivity index (χ4n) is 4.01. The van der Waals surface area contributed by atoms with Crippen molar-refractivity contribution in [2.24, 2.45) is 11.8 Å². The second-order valence-electron chi connectivity index (χ2n) is 8.27. The Morgan fingerprint density at radius 1 is 1.00 bits per heavy atom. The molecule has 132 valence electrons. The average molecular weight is 357 g/mol. The quantitative estimate of drug-likeness (QED) is 0.559. The van der Waals surface area contributed by atoms with E-state index in [1.54, 1.807) is 6.07 Å². The summed E-state index contributed by atoms with van der Waals surface area (Å²) >= 11 is 6.49. The predicted octanol–water partition coefficient (Wildman–Crippen LogP) is 6.70. The van der Waals surface area contributed by atoms with Crippen molar-refractivity contribution in [1.82, 2.24) is 0 Å². The Morgan fingerprint density at radius 3 is 2.44 bits per heavy atom. The standard InChI is InChI=1S/C23H26ClF/c1-13-6-21(22(24)7-14(13)2)20-12-19(20)11-18-9-17(8-16-4-5-16)10-23(25)15(18)3/h6-7,9-10,16,19-20H,4-5,8,11-12H2,1-3H3. The molecular formula is C23H26ClF. The first-order valence-electron chi connectivity index (χ1n) is 9.47. The molecule has 2 heteroatoms. The Labute approximate surface area is 155 Å². The van der Waals surface area contributed by atoms with Gasteiger partial charge in [-0.05, 0) is 116 Å². The van der Waals surface area contributed by atoms with Crippen LogP contribution < -0.4 is 0 Å². The van der Waals surface area contributed by atoms with Gasteiger partial charge in [-0.25, -0.2) is 4.39 Å². The van der Waals surface area contributed by atoms with Gasteiger partial charge in [-0.1, -0.05) is 23.7 Å². The van der Waals surface area contributed by atoms with Gasteiger partial charge in [0, 0.05) is 5.02 Å². The zero-order chi connectivity index (χ0) is 17.7. The first kappa shape index (κ1) is 17.1. The number of halogens is 2. The van der Waals surface area contributed by atoms with E-state index in [-0.39, 0.29) is 5.82 Å². The summed E-state index contributed by atoms with van der Waals surface area (Å²) in [5, 5.41) is 0.890. The third-order valence-corrected chi connectivity index (χ3v) is 6.48. The van der Waals surface area contributed by atoms with E-state index in [9.17, 15) is 4.39 Å². The van der Waals surface area contributed by atoms with E-state index < -0.39 is 0 Å². The molecule has 0 heterocycles. The summed E-state index contributed by atoms with van der Waals surface area (Å²) in [6.07, 6.45) is 5.79. The fourth-order valence-corrected chi connectivity index (χ4v) is 4.37. The molecule has 0 spiro atoms. The van der Waals surface area contributed by atoms with Gasteiger partial charge in [-0.15, -0.1) is 0 Å². The molecule has 25 heavy (non-hydrogen) atoms. The number of aryl methyl sites for hydroxylation is 2. The van der Waals surface area contributed by atoms with Crippen LogP contribution in [0.5, 0.6) is 0 Å². The van der Waals surface area contributed by atoms with Crippen molar-refractivity contribution in [3.63, 3.8) is 0 Å². The Hall–Kier alpha value is -1.34. The van der Waals surface area contributed by atoms with E-state index >= 15 is 0 Å². The van der Waals surface area contributed by atoms with Crippen molar-refractivity contribution in [3.05, 3.63) is 68.5 Å². The topological polar surface area (TPSA) is 0 Å². The summed E-state index contributed by atoms with van der Waals surface area (Å²) < 4.78 is 14.3. The highest BCUT2D eigenvalue weighted by atomic mass is 35.5. The SMILES string of the molecule is Cc1cc(Cl)c(C2CC2Cc2cc(CC3CC3)cc(F)c2C)cc1C. The van der Waals surface area contributed by atoms with E-state index in [1.165, 1.54) is 40.7 Å². The van der Waals surface area contributed by atoms with E-state index in [0.717, 1.165) is 35.8 Å². The molecule has 2 aromatic rings. The van der Waals surface area contributed by atoms with Crippen LogP contribution in [0.2, 0.25) is 5.02 Å². The predicted molar refractivity (Wildman–Crippen MR) is 103 cm³/mol. The van der Waals surface area contributed by atoms with E-state index in [0.29, 0.717) is 11.8 Å². The van der Waals surface area contributed by atoms with Gasteiger partial charge in [-0.2, -0.15) is 0 Å². The largest absolute Gasteiger partial charge is 0.207 e. The van der Waals surface area contributed by atoms with Gasteiger partial charge in [0.05, 0.1) is 0 Å². The van der Waals surface area contributed by atoms with Crippen molar-refractivity contribution in [2.45, 2.75) is 58.8 Å². The van der Waals surface area contributed by atoms with Gasteiger partial charge in [0.2, 0.25) is 0 Å². The molecule has 0 nitrogen and oxygen atoms in total. The average Bonchev–Trinajstić information content (AvgIpc) is 3.45. The van der Waals surface area contributed by atoms with Gasteiger partial charge in [0.1, 0.15) is 5.82 Å². The van der Waals surface area contributed by atoms with Crippen LogP contribution in [0.4, 0.5) is 4.39 Å². The summed E-state index contributed by atoms with van der Waals surface area (Å²) in [6.45, 7) is 6.17. The monoisotopic (exact) mass is 356 g/mol. The lowest BCUT2D eigenvalue weighted by Gasteiger charge is -2.11. The summed E-state index contributed by atoms with van der Waals surface area (Å²) in [4.78, 5) is 0. The highest BCUT2D eigenvalue weighted by Crippen LogP contribution is 2.52. The molecule has 2 saturated carbocycles. The maximum atomic E-state index is 14.3. The molecule has 4 rings (SSSR count). The van der Waals surface area contributed by atoms with Crippen LogP contribution in [-0.4, -0.2) is 0 Å². The highest BCUT2D eigenvalue weighted by Gasteiger charge is 2.39. The second kappa shape index (κ2) is 6.43. The molecule has 0 bridgehead atoms. The summed E-state index contributed by atoms with van der Waals surface area (Å²) in [6, 6.07) is 8.35. The van der Waals surface area contributed by atoms with Gasteiger partial charge in [0.25, 0.3) is 0 Å². The molecule has 0 saturated heterocycles. The molecule has 2 unspecified atom stereocenters. The number of hydrogen-bond donors (Lipinski definition) is 0. The Morgan fingerprint density at radius 2 is 1.72 bits per heavy atom. The van der Waals surface area contributed by atoms with Crippen molar-refractivity contribution in [3.8, 4) is 0 Å². The Balaban J connectivity index is 1.52. The molecule has 2 aromatic carbocycles. The number of hydrogen-bond acceptors (Lipinski definition) is 0. The molecule has 0 aliphatic heterocycles. The van der Waals surface area contributed by atoms with E-state index in [1.807, 2.05) is 6.92 Å². The van der Waals surface area contributed by atoms with Crippen molar-refractivity contribution >= 4 is 11.6 Å². The third kappa shape index (κ3) is 3.62.